The van der Waals surface area contributed by atoms with Crippen LogP contribution in [0.15, 0.2) is 29.3 Å². The number of rotatable bonds is 6. The highest BCUT2D eigenvalue weighted by Crippen LogP contribution is 2.11. The molecule has 1 aromatic rings. The smallest absolute Gasteiger partial charge is 0.251 e. The summed E-state index contributed by atoms with van der Waals surface area (Å²) in [6.07, 6.45) is 1.46. The topological polar surface area (TPSA) is 85.8 Å². The van der Waals surface area contributed by atoms with Crippen molar-refractivity contribution >= 4 is 41.8 Å². The van der Waals surface area contributed by atoms with Gasteiger partial charge in [0.25, 0.3) is 5.91 Å². The molecule has 0 bridgehead atoms. The van der Waals surface area contributed by atoms with Crippen LogP contribution in [0.2, 0.25) is 0 Å². The van der Waals surface area contributed by atoms with E-state index in [1.807, 2.05) is 36.9 Å². The summed E-state index contributed by atoms with van der Waals surface area (Å²) in [5, 5.41) is 9.28. The Bertz CT molecular complexity index is 665. The molecule has 7 nitrogen and oxygen atoms in total. The van der Waals surface area contributed by atoms with Crippen LogP contribution < -0.4 is 16.0 Å². The normalized spacial score (nSPS) is 16.5. The molecule has 2 rings (SSSR count). The van der Waals surface area contributed by atoms with Gasteiger partial charge in [-0.2, -0.15) is 0 Å². The van der Waals surface area contributed by atoms with Gasteiger partial charge in [-0.1, -0.05) is 19.1 Å². The first kappa shape index (κ1) is 23.2. The van der Waals surface area contributed by atoms with Gasteiger partial charge < -0.3 is 20.9 Å². The minimum Gasteiger partial charge on any atom is -0.357 e. The number of benzene rings is 1. The van der Waals surface area contributed by atoms with E-state index in [0.29, 0.717) is 25.1 Å². The molecule has 8 heteroatoms. The Morgan fingerprint density at radius 1 is 1.30 bits per heavy atom. The van der Waals surface area contributed by atoms with Crippen molar-refractivity contribution in [3.8, 4) is 0 Å². The average molecular weight is 487 g/mol. The van der Waals surface area contributed by atoms with Crippen LogP contribution in [-0.2, 0) is 11.3 Å². The second-order valence-electron chi connectivity index (χ2n) is 6.30. The van der Waals surface area contributed by atoms with Crippen LogP contribution >= 0.6 is 24.0 Å². The number of nitrogens with zero attached hydrogens (tertiary/aromatic N) is 2. The van der Waals surface area contributed by atoms with E-state index in [4.69, 9.17) is 0 Å². The number of hydrogen-bond donors (Lipinski definition) is 3. The lowest BCUT2D eigenvalue weighted by Crippen LogP contribution is -2.45. The molecular formula is C19H30IN5O2. The highest BCUT2D eigenvalue weighted by Gasteiger charge is 2.25. The summed E-state index contributed by atoms with van der Waals surface area (Å²) in [5.74, 6) is 0.823. The molecule has 2 amide bonds. The van der Waals surface area contributed by atoms with Crippen molar-refractivity contribution < 1.29 is 9.59 Å². The Balaban J connectivity index is 0.00000364. The molecule has 1 aliphatic rings. The van der Waals surface area contributed by atoms with Gasteiger partial charge in [0, 0.05) is 44.7 Å². The minimum absolute atomic E-state index is 0. The molecule has 1 aliphatic heterocycles. The minimum atomic E-state index is -0.104. The molecule has 0 spiro atoms. The maximum absolute atomic E-state index is 11.8. The van der Waals surface area contributed by atoms with E-state index < -0.39 is 0 Å². The Morgan fingerprint density at radius 3 is 2.74 bits per heavy atom. The van der Waals surface area contributed by atoms with Crippen molar-refractivity contribution in [2.75, 3.05) is 26.7 Å². The zero-order valence-electron chi connectivity index (χ0n) is 16.2. The number of halogens is 1. The third kappa shape index (κ3) is 7.00. The first-order valence-electron chi connectivity index (χ1n) is 9.21. The van der Waals surface area contributed by atoms with Crippen LogP contribution in [0.5, 0.6) is 0 Å². The number of guanidine groups is 1. The van der Waals surface area contributed by atoms with Crippen molar-refractivity contribution in [1.29, 1.82) is 0 Å². The Kier molecular flexibility index (Phi) is 10.1. The molecule has 150 valence electrons. The lowest BCUT2D eigenvalue weighted by atomic mass is 10.1. The van der Waals surface area contributed by atoms with Crippen LogP contribution in [0, 0.1) is 0 Å². The van der Waals surface area contributed by atoms with Crippen molar-refractivity contribution in [2.24, 2.45) is 4.99 Å². The predicted molar refractivity (Wildman–Crippen MR) is 118 cm³/mol. The van der Waals surface area contributed by atoms with Crippen LogP contribution in [0.25, 0.3) is 0 Å². The van der Waals surface area contributed by atoms with Gasteiger partial charge in [0.05, 0.1) is 6.54 Å². The molecule has 0 radical (unpaired) electrons. The molecule has 1 heterocycles. The van der Waals surface area contributed by atoms with E-state index in [1.54, 1.807) is 13.1 Å². The molecule has 0 aliphatic carbocycles. The molecule has 1 atom stereocenters. The van der Waals surface area contributed by atoms with Crippen LogP contribution in [0.1, 0.15) is 42.6 Å². The largest absolute Gasteiger partial charge is 0.357 e. The number of amides is 2. The van der Waals surface area contributed by atoms with E-state index in [9.17, 15) is 9.59 Å². The zero-order chi connectivity index (χ0) is 18.9. The standard InChI is InChI=1S/C19H29N5O2.HI/c1-4-17(25)24-10-9-16(13-24)23-19(21-5-2)22-12-14-7-6-8-15(11-14)18(26)20-3;/h6-8,11,16H,4-5,9-10,12-13H2,1-3H3,(H,20,26)(H2,21,22,23);1H. The number of likely N-dealkylation sites (tertiary alicyclic amines) is 1. The molecule has 1 unspecified atom stereocenters. The van der Waals surface area contributed by atoms with Gasteiger partial charge in [-0.15, -0.1) is 24.0 Å². The van der Waals surface area contributed by atoms with E-state index >= 15 is 0 Å². The molecule has 1 saturated heterocycles. The second kappa shape index (κ2) is 11.8. The quantitative estimate of drug-likeness (QED) is 0.324. The van der Waals surface area contributed by atoms with Crippen LogP contribution in [0.4, 0.5) is 0 Å². The molecule has 0 aromatic heterocycles. The molecular weight excluding hydrogens is 457 g/mol. The lowest BCUT2D eigenvalue weighted by molar-refractivity contribution is -0.129. The summed E-state index contributed by atoms with van der Waals surface area (Å²) in [6.45, 7) is 6.65. The molecule has 0 saturated carbocycles. The van der Waals surface area contributed by atoms with Crippen molar-refractivity contribution in [2.45, 2.75) is 39.3 Å². The van der Waals surface area contributed by atoms with Gasteiger partial charge in [-0.3, -0.25) is 9.59 Å². The predicted octanol–water partition coefficient (Wildman–Crippen LogP) is 1.73. The van der Waals surface area contributed by atoms with Crippen molar-refractivity contribution in [3.63, 3.8) is 0 Å². The average Bonchev–Trinajstić information content (AvgIpc) is 3.13. The summed E-state index contributed by atoms with van der Waals surface area (Å²) >= 11 is 0. The highest BCUT2D eigenvalue weighted by molar-refractivity contribution is 14.0. The Morgan fingerprint density at radius 2 is 2.07 bits per heavy atom. The maximum atomic E-state index is 11.8. The first-order chi connectivity index (χ1) is 12.6. The zero-order valence-corrected chi connectivity index (χ0v) is 18.6. The van der Waals surface area contributed by atoms with E-state index in [1.165, 1.54) is 0 Å². The van der Waals surface area contributed by atoms with Crippen molar-refractivity contribution in [3.05, 3.63) is 35.4 Å². The monoisotopic (exact) mass is 487 g/mol. The van der Waals surface area contributed by atoms with E-state index in [2.05, 4.69) is 20.9 Å². The lowest BCUT2D eigenvalue weighted by Gasteiger charge is -2.18. The fourth-order valence-corrected chi connectivity index (χ4v) is 2.97. The Labute approximate surface area is 178 Å². The number of carbonyl (C=O) groups excluding carboxylic acids is 2. The third-order valence-electron chi connectivity index (χ3n) is 4.36. The number of carbonyl (C=O) groups is 2. The van der Waals surface area contributed by atoms with Gasteiger partial charge >= 0.3 is 0 Å². The second-order valence-corrected chi connectivity index (χ2v) is 6.30. The third-order valence-corrected chi connectivity index (χ3v) is 4.36. The van der Waals surface area contributed by atoms with Gasteiger partial charge in [0.1, 0.15) is 0 Å². The molecule has 1 fully saturated rings. The maximum Gasteiger partial charge on any atom is 0.251 e. The fourth-order valence-electron chi connectivity index (χ4n) is 2.97. The van der Waals surface area contributed by atoms with E-state index in [-0.39, 0.29) is 41.8 Å². The molecule has 3 N–H and O–H groups in total. The van der Waals surface area contributed by atoms with Gasteiger partial charge in [-0.25, -0.2) is 4.99 Å². The Hall–Kier alpha value is -1.84. The summed E-state index contributed by atoms with van der Waals surface area (Å²) in [4.78, 5) is 30.1. The fraction of sp³-hybridized carbons (Fsp3) is 0.526. The first-order valence-corrected chi connectivity index (χ1v) is 9.21. The SMILES string of the molecule is CCNC(=NCc1cccc(C(=O)NC)c1)NC1CCN(C(=O)CC)C1.I. The van der Waals surface area contributed by atoms with Gasteiger partial charge in [-0.05, 0) is 31.0 Å². The highest BCUT2D eigenvalue weighted by atomic mass is 127. The summed E-state index contributed by atoms with van der Waals surface area (Å²) in [7, 11) is 1.62. The van der Waals surface area contributed by atoms with Gasteiger partial charge in [0.2, 0.25) is 5.91 Å². The molecule has 27 heavy (non-hydrogen) atoms. The number of nitrogens with one attached hydrogen (secondary N) is 3. The van der Waals surface area contributed by atoms with Crippen LogP contribution in [0.3, 0.4) is 0 Å². The molecule has 1 aromatic carbocycles. The summed E-state index contributed by atoms with van der Waals surface area (Å²) in [6, 6.07) is 7.66. The number of aliphatic imine (C=N–C) groups is 1. The van der Waals surface area contributed by atoms with Gasteiger partial charge in [0.15, 0.2) is 5.96 Å². The van der Waals surface area contributed by atoms with E-state index in [0.717, 1.165) is 31.0 Å². The number of hydrogen-bond acceptors (Lipinski definition) is 3. The summed E-state index contributed by atoms with van der Waals surface area (Å²) in [5.41, 5.74) is 1.60. The van der Waals surface area contributed by atoms with Crippen LogP contribution in [-0.4, -0.2) is 55.4 Å². The van der Waals surface area contributed by atoms with Crippen molar-refractivity contribution in [1.82, 2.24) is 20.9 Å². The summed E-state index contributed by atoms with van der Waals surface area (Å²) < 4.78 is 0.